The number of nitrogens with one attached hydrogen (secondary N) is 1. The van der Waals surface area contributed by atoms with Crippen LogP contribution in [0.5, 0.6) is 0 Å². The minimum absolute atomic E-state index is 0.0364. The van der Waals surface area contributed by atoms with Gasteiger partial charge in [0, 0.05) is 17.3 Å². The van der Waals surface area contributed by atoms with E-state index in [4.69, 9.17) is 0 Å². The van der Waals surface area contributed by atoms with E-state index in [1.54, 1.807) is 0 Å². The van der Waals surface area contributed by atoms with Gasteiger partial charge in [0.25, 0.3) is 0 Å². The molecule has 1 rings (SSSR count). The van der Waals surface area contributed by atoms with Gasteiger partial charge < -0.3 is 5.32 Å². The lowest BCUT2D eigenvalue weighted by Gasteiger charge is -2.30. The molecule has 1 unspecified atom stereocenters. The van der Waals surface area contributed by atoms with Crippen molar-refractivity contribution in [1.82, 2.24) is 5.32 Å². The summed E-state index contributed by atoms with van der Waals surface area (Å²) in [5.41, 5.74) is -0.0364. The molecule has 1 aliphatic rings. The summed E-state index contributed by atoms with van der Waals surface area (Å²) in [4.78, 5) is 12.1. The van der Waals surface area contributed by atoms with Gasteiger partial charge in [0.05, 0.1) is 0 Å². The molecule has 0 spiro atoms. The van der Waals surface area contributed by atoms with Gasteiger partial charge in [0.15, 0.2) is 0 Å². The SMILES string of the molecule is CCC(C)(CCBr)NC(=O)CC1CCCCCC1. The maximum Gasteiger partial charge on any atom is 0.220 e. The molecule has 1 fully saturated rings. The zero-order chi connectivity index (χ0) is 13.4. The molecule has 3 heteroatoms. The molecule has 0 aromatic heterocycles. The summed E-state index contributed by atoms with van der Waals surface area (Å²) in [7, 11) is 0. The zero-order valence-electron chi connectivity index (χ0n) is 11.9. The molecule has 0 radical (unpaired) electrons. The second-order valence-corrected chi connectivity index (χ2v) is 6.76. The van der Waals surface area contributed by atoms with Crippen molar-refractivity contribution in [1.29, 1.82) is 0 Å². The van der Waals surface area contributed by atoms with Crippen LogP contribution in [-0.2, 0) is 4.79 Å². The molecule has 0 saturated heterocycles. The highest BCUT2D eigenvalue weighted by atomic mass is 79.9. The van der Waals surface area contributed by atoms with Gasteiger partial charge in [-0.25, -0.2) is 0 Å². The van der Waals surface area contributed by atoms with Crippen LogP contribution in [0.25, 0.3) is 0 Å². The number of carbonyl (C=O) groups is 1. The molecule has 1 atom stereocenters. The Kier molecular flexibility index (Phi) is 7.28. The first-order valence-electron chi connectivity index (χ1n) is 7.46. The number of halogens is 1. The fourth-order valence-electron chi connectivity index (χ4n) is 2.75. The van der Waals surface area contributed by atoms with E-state index in [0.29, 0.717) is 5.92 Å². The highest BCUT2D eigenvalue weighted by Crippen LogP contribution is 2.26. The van der Waals surface area contributed by atoms with E-state index in [0.717, 1.165) is 24.6 Å². The van der Waals surface area contributed by atoms with Crippen LogP contribution in [0.4, 0.5) is 0 Å². The molecule has 1 N–H and O–H groups in total. The lowest BCUT2D eigenvalue weighted by atomic mass is 9.92. The van der Waals surface area contributed by atoms with Gasteiger partial charge in [-0.3, -0.25) is 4.79 Å². The Bertz CT molecular complexity index is 249. The smallest absolute Gasteiger partial charge is 0.220 e. The predicted molar refractivity (Wildman–Crippen MR) is 81.1 cm³/mol. The molecular weight excluding hydrogens is 290 g/mol. The molecule has 18 heavy (non-hydrogen) atoms. The van der Waals surface area contributed by atoms with Gasteiger partial charge in [-0.1, -0.05) is 48.5 Å². The molecule has 0 aliphatic heterocycles. The monoisotopic (exact) mass is 317 g/mol. The number of hydrogen-bond acceptors (Lipinski definition) is 1. The molecule has 1 amide bonds. The normalized spacial score (nSPS) is 21.1. The third-order valence-corrected chi connectivity index (χ3v) is 4.71. The summed E-state index contributed by atoms with van der Waals surface area (Å²) in [5.74, 6) is 0.879. The summed E-state index contributed by atoms with van der Waals surface area (Å²) in [6.45, 7) is 4.30. The minimum atomic E-state index is -0.0364. The van der Waals surface area contributed by atoms with E-state index >= 15 is 0 Å². The lowest BCUT2D eigenvalue weighted by Crippen LogP contribution is -2.46. The maximum absolute atomic E-state index is 12.1. The van der Waals surface area contributed by atoms with Gasteiger partial charge in [-0.2, -0.15) is 0 Å². The largest absolute Gasteiger partial charge is 0.351 e. The molecular formula is C15H28BrNO. The Morgan fingerprint density at radius 3 is 2.39 bits per heavy atom. The van der Waals surface area contributed by atoms with Gasteiger partial charge in [-0.15, -0.1) is 0 Å². The molecule has 0 aromatic rings. The Morgan fingerprint density at radius 1 is 1.28 bits per heavy atom. The summed E-state index contributed by atoms with van der Waals surface area (Å²) in [6, 6.07) is 0. The first-order chi connectivity index (χ1) is 8.59. The summed E-state index contributed by atoms with van der Waals surface area (Å²) >= 11 is 3.47. The number of amides is 1. The molecule has 1 saturated carbocycles. The van der Waals surface area contributed by atoms with Gasteiger partial charge in [-0.05, 0) is 38.5 Å². The van der Waals surface area contributed by atoms with Crippen LogP contribution >= 0.6 is 15.9 Å². The average molecular weight is 318 g/mol. The van der Waals surface area contributed by atoms with Crippen molar-refractivity contribution in [2.45, 2.75) is 77.2 Å². The van der Waals surface area contributed by atoms with E-state index in [9.17, 15) is 4.79 Å². The molecule has 0 aromatic carbocycles. The second kappa shape index (κ2) is 8.19. The maximum atomic E-state index is 12.1. The Balaban J connectivity index is 2.39. The standard InChI is InChI=1S/C15H28BrNO/c1-3-15(2,10-11-16)17-14(18)12-13-8-6-4-5-7-9-13/h13H,3-12H2,1-2H3,(H,17,18). The quantitative estimate of drug-likeness (QED) is 0.570. The summed E-state index contributed by atoms with van der Waals surface area (Å²) in [5, 5.41) is 4.19. The van der Waals surface area contributed by atoms with E-state index in [-0.39, 0.29) is 11.4 Å². The third-order valence-electron chi connectivity index (χ3n) is 4.32. The first-order valence-corrected chi connectivity index (χ1v) is 8.59. The average Bonchev–Trinajstić information content (AvgIpc) is 2.57. The first kappa shape index (κ1) is 16.0. The van der Waals surface area contributed by atoms with Crippen molar-refractivity contribution >= 4 is 21.8 Å². The molecule has 0 heterocycles. The van der Waals surface area contributed by atoms with E-state index in [2.05, 4.69) is 35.1 Å². The topological polar surface area (TPSA) is 29.1 Å². The van der Waals surface area contributed by atoms with Gasteiger partial charge in [0.2, 0.25) is 5.91 Å². The number of alkyl halides is 1. The van der Waals surface area contributed by atoms with E-state index < -0.39 is 0 Å². The molecule has 0 bridgehead atoms. The van der Waals surface area contributed by atoms with Crippen molar-refractivity contribution in [3.05, 3.63) is 0 Å². The number of hydrogen-bond donors (Lipinski definition) is 1. The van der Waals surface area contributed by atoms with Crippen molar-refractivity contribution in [2.24, 2.45) is 5.92 Å². The summed E-state index contributed by atoms with van der Waals surface area (Å²) in [6.07, 6.45) is 10.5. The predicted octanol–water partition coefficient (Wildman–Crippen LogP) is 4.42. The van der Waals surface area contributed by atoms with Gasteiger partial charge >= 0.3 is 0 Å². The van der Waals surface area contributed by atoms with Crippen LogP contribution < -0.4 is 5.32 Å². The Labute approximate surface area is 120 Å². The fraction of sp³-hybridized carbons (Fsp3) is 0.933. The molecule has 106 valence electrons. The van der Waals surface area contributed by atoms with Crippen LogP contribution in [0.3, 0.4) is 0 Å². The number of rotatable bonds is 6. The van der Waals surface area contributed by atoms with Crippen LogP contribution in [-0.4, -0.2) is 16.8 Å². The highest BCUT2D eigenvalue weighted by Gasteiger charge is 2.25. The second-order valence-electron chi connectivity index (χ2n) is 5.96. The van der Waals surface area contributed by atoms with Crippen LogP contribution in [0.2, 0.25) is 0 Å². The van der Waals surface area contributed by atoms with Gasteiger partial charge in [0.1, 0.15) is 0 Å². The molecule has 2 nitrogen and oxygen atoms in total. The van der Waals surface area contributed by atoms with Crippen molar-refractivity contribution in [3.8, 4) is 0 Å². The lowest BCUT2D eigenvalue weighted by molar-refractivity contribution is -0.124. The fourth-order valence-corrected chi connectivity index (χ4v) is 3.63. The van der Waals surface area contributed by atoms with E-state index in [1.807, 2.05) is 0 Å². The Morgan fingerprint density at radius 2 is 1.89 bits per heavy atom. The van der Waals surface area contributed by atoms with E-state index in [1.165, 1.54) is 38.5 Å². The highest BCUT2D eigenvalue weighted by molar-refractivity contribution is 9.09. The molecule has 1 aliphatic carbocycles. The van der Waals surface area contributed by atoms with Crippen molar-refractivity contribution < 1.29 is 4.79 Å². The Hall–Kier alpha value is -0.0500. The van der Waals surface area contributed by atoms with Crippen LogP contribution in [0.15, 0.2) is 0 Å². The third kappa shape index (κ3) is 5.73. The van der Waals surface area contributed by atoms with Crippen LogP contribution in [0, 0.1) is 5.92 Å². The van der Waals surface area contributed by atoms with Crippen LogP contribution in [0.1, 0.15) is 71.6 Å². The minimum Gasteiger partial charge on any atom is -0.351 e. The summed E-state index contributed by atoms with van der Waals surface area (Å²) < 4.78 is 0. The number of carbonyl (C=O) groups excluding carboxylic acids is 1. The zero-order valence-corrected chi connectivity index (χ0v) is 13.5. The van der Waals surface area contributed by atoms with Crippen molar-refractivity contribution in [3.63, 3.8) is 0 Å². The van der Waals surface area contributed by atoms with Crippen molar-refractivity contribution in [2.75, 3.05) is 5.33 Å².